The number of hydrogen-bond acceptors (Lipinski definition) is 5. The monoisotopic (exact) mass is 455 g/mol. The van der Waals surface area contributed by atoms with Crippen LogP contribution in [0.25, 0.3) is 0 Å². The molecule has 2 aromatic carbocycles. The van der Waals surface area contributed by atoms with E-state index in [0.29, 0.717) is 11.1 Å². The van der Waals surface area contributed by atoms with Gasteiger partial charge < -0.3 is 4.90 Å². The van der Waals surface area contributed by atoms with Crippen molar-refractivity contribution in [2.45, 2.75) is 18.0 Å². The molecule has 0 heterocycles. The Kier molecular flexibility index (Phi) is 7.11. The number of benzene rings is 2. The number of nitrogens with one attached hydrogen (secondary N) is 1. The standard InChI is InChI=1S/C20H20F3N3O4S/c1-14-4-10-17(11-5-14)31(29,30)24-19(28)26(13-12-18(27)20(21,22)23)16-8-6-15(7-9-16)25(2)3/h4-13H,1-3H3,(H,24,28)/b13-12+. The van der Waals surface area contributed by atoms with Crippen LogP contribution in [0, 0.1) is 6.92 Å². The molecule has 166 valence electrons. The number of aryl methyl sites for hydroxylation is 1. The molecule has 0 unspecified atom stereocenters. The molecular weight excluding hydrogens is 435 g/mol. The first-order chi connectivity index (χ1) is 14.3. The molecule has 2 rings (SSSR count). The van der Waals surface area contributed by atoms with E-state index in [2.05, 4.69) is 0 Å². The van der Waals surface area contributed by atoms with Crippen molar-refractivity contribution in [1.82, 2.24) is 4.72 Å². The molecular formula is C20H20F3N3O4S. The minimum atomic E-state index is -5.14. The third-order valence-electron chi connectivity index (χ3n) is 4.07. The van der Waals surface area contributed by atoms with Crippen LogP contribution in [-0.2, 0) is 14.8 Å². The largest absolute Gasteiger partial charge is 0.454 e. The van der Waals surface area contributed by atoms with E-state index in [1.807, 2.05) is 0 Å². The van der Waals surface area contributed by atoms with Gasteiger partial charge in [-0.1, -0.05) is 17.7 Å². The molecule has 7 nitrogen and oxygen atoms in total. The van der Waals surface area contributed by atoms with E-state index in [1.165, 1.54) is 36.4 Å². The highest BCUT2D eigenvalue weighted by atomic mass is 32.2. The second-order valence-corrected chi connectivity index (χ2v) is 8.36. The molecule has 0 aliphatic carbocycles. The molecule has 0 bridgehead atoms. The predicted octanol–water partition coefficient (Wildman–Crippen LogP) is 3.61. The van der Waals surface area contributed by atoms with Crippen molar-refractivity contribution in [3.05, 3.63) is 66.4 Å². The van der Waals surface area contributed by atoms with Gasteiger partial charge in [-0.2, -0.15) is 13.2 Å². The number of allylic oxidation sites excluding steroid dienone is 1. The van der Waals surface area contributed by atoms with Crippen LogP contribution in [0.2, 0.25) is 0 Å². The lowest BCUT2D eigenvalue weighted by Crippen LogP contribution is -2.40. The van der Waals surface area contributed by atoms with Gasteiger partial charge in [0.15, 0.2) is 0 Å². The molecule has 2 aromatic rings. The summed E-state index contributed by atoms with van der Waals surface area (Å²) in [6.07, 6.45) is -4.42. The normalized spacial score (nSPS) is 11.9. The number of anilines is 2. The molecule has 0 spiro atoms. The zero-order valence-electron chi connectivity index (χ0n) is 16.8. The first-order valence-corrected chi connectivity index (χ1v) is 10.3. The van der Waals surface area contributed by atoms with Crippen LogP contribution in [0.15, 0.2) is 65.7 Å². The first-order valence-electron chi connectivity index (χ1n) is 8.80. The molecule has 0 aliphatic rings. The van der Waals surface area contributed by atoms with Crippen LogP contribution in [0.3, 0.4) is 0 Å². The summed E-state index contributed by atoms with van der Waals surface area (Å²) in [5.41, 5.74) is 1.57. The van der Waals surface area contributed by atoms with Crippen molar-refractivity contribution in [2.24, 2.45) is 0 Å². The van der Waals surface area contributed by atoms with Gasteiger partial charge in [0, 0.05) is 32.1 Å². The Bertz CT molecular complexity index is 1080. The minimum absolute atomic E-state index is 0.0495. The molecule has 0 saturated heterocycles. The van der Waals surface area contributed by atoms with Gasteiger partial charge in [0.2, 0.25) is 0 Å². The van der Waals surface area contributed by atoms with Crippen LogP contribution in [0.1, 0.15) is 5.56 Å². The maximum Gasteiger partial charge on any atom is 0.454 e. The Hall–Kier alpha value is -3.34. The average molecular weight is 455 g/mol. The summed E-state index contributed by atoms with van der Waals surface area (Å²) >= 11 is 0. The van der Waals surface area contributed by atoms with E-state index in [0.717, 1.165) is 11.3 Å². The summed E-state index contributed by atoms with van der Waals surface area (Å²) < 4.78 is 64.4. The zero-order chi connectivity index (χ0) is 23.4. The van der Waals surface area contributed by atoms with Crippen molar-refractivity contribution in [2.75, 3.05) is 23.9 Å². The number of ketones is 1. The summed E-state index contributed by atoms with van der Waals surface area (Å²) in [4.78, 5) is 26.0. The fourth-order valence-electron chi connectivity index (χ4n) is 2.36. The molecule has 0 saturated carbocycles. The Morgan fingerprint density at radius 1 is 0.935 bits per heavy atom. The van der Waals surface area contributed by atoms with E-state index >= 15 is 0 Å². The molecule has 0 radical (unpaired) electrons. The van der Waals surface area contributed by atoms with Gasteiger partial charge in [-0.15, -0.1) is 0 Å². The number of hydrogen-bond donors (Lipinski definition) is 1. The molecule has 0 fully saturated rings. The second kappa shape index (κ2) is 9.21. The van der Waals surface area contributed by atoms with E-state index in [-0.39, 0.29) is 16.7 Å². The maximum atomic E-state index is 12.7. The Balaban J connectivity index is 2.38. The van der Waals surface area contributed by atoms with Crippen molar-refractivity contribution >= 4 is 33.2 Å². The van der Waals surface area contributed by atoms with E-state index in [1.54, 1.807) is 42.8 Å². The van der Waals surface area contributed by atoms with Gasteiger partial charge in [0.1, 0.15) is 0 Å². The topological polar surface area (TPSA) is 86.8 Å². The van der Waals surface area contributed by atoms with Crippen LogP contribution in [0.5, 0.6) is 0 Å². The van der Waals surface area contributed by atoms with Gasteiger partial charge in [-0.25, -0.2) is 17.9 Å². The van der Waals surface area contributed by atoms with Crippen LogP contribution in [-0.4, -0.2) is 40.5 Å². The molecule has 0 atom stereocenters. The number of carbonyl (C=O) groups is 2. The van der Waals surface area contributed by atoms with Crippen molar-refractivity contribution < 1.29 is 31.2 Å². The molecule has 2 amide bonds. The summed E-state index contributed by atoms with van der Waals surface area (Å²) in [5.74, 6) is -2.20. The zero-order valence-corrected chi connectivity index (χ0v) is 17.7. The minimum Gasteiger partial charge on any atom is -0.378 e. The number of sulfonamides is 1. The number of rotatable bonds is 6. The lowest BCUT2D eigenvalue weighted by molar-refractivity contribution is -0.165. The summed E-state index contributed by atoms with van der Waals surface area (Å²) in [5, 5.41) is 0. The number of carbonyl (C=O) groups excluding carboxylic acids is 2. The number of nitrogens with zero attached hydrogens (tertiary/aromatic N) is 2. The van der Waals surface area contributed by atoms with Gasteiger partial charge in [0.25, 0.3) is 15.8 Å². The summed E-state index contributed by atoms with van der Waals surface area (Å²) in [6.45, 7) is 1.75. The van der Waals surface area contributed by atoms with Crippen molar-refractivity contribution in [3.8, 4) is 0 Å². The number of urea groups is 1. The van der Waals surface area contributed by atoms with Gasteiger partial charge in [0.05, 0.1) is 10.6 Å². The fourth-order valence-corrected chi connectivity index (χ4v) is 3.30. The highest BCUT2D eigenvalue weighted by Crippen LogP contribution is 2.22. The quantitative estimate of drug-likeness (QED) is 0.673. The second-order valence-electron chi connectivity index (χ2n) is 6.68. The van der Waals surface area contributed by atoms with Crippen molar-refractivity contribution in [3.63, 3.8) is 0 Å². The molecule has 1 N–H and O–H groups in total. The maximum absolute atomic E-state index is 12.7. The van der Waals surface area contributed by atoms with Crippen LogP contribution in [0.4, 0.5) is 29.3 Å². The summed E-state index contributed by atoms with van der Waals surface area (Å²) in [6, 6.07) is 10.3. The van der Waals surface area contributed by atoms with E-state index < -0.39 is 28.0 Å². The van der Waals surface area contributed by atoms with Crippen molar-refractivity contribution in [1.29, 1.82) is 0 Å². The predicted molar refractivity (Wildman–Crippen MR) is 110 cm³/mol. The number of amides is 2. The van der Waals surface area contributed by atoms with Crippen LogP contribution < -0.4 is 14.5 Å². The lowest BCUT2D eigenvalue weighted by Gasteiger charge is -2.21. The molecule has 11 heteroatoms. The Morgan fingerprint density at radius 2 is 1.45 bits per heavy atom. The first kappa shape index (κ1) is 23.9. The third-order valence-corrected chi connectivity index (χ3v) is 5.41. The fraction of sp³-hybridized carbons (Fsp3) is 0.200. The molecule has 0 aromatic heterocycles. The van der Waals surface area contributed by atoms with Gasteiger partial charge in [-0.3, -0.25) is 9.69 Å². The SMILES string of the molecule is Cc1ccc(S(=O)(=O)NC(=O)N(/C=C/C(=O)C(F)(F)F)c2ccc(N(C)C)cc2)cc1. The smallest absolute Gasteiger partial charge is 0.378 e. The van der Waals surface area contributed by atoms with E-state index in [4.69, 9.17) is 0 Å². The number of halogens is 3. The van der Waals surface area contributed by atoms with Gasteiger partial charge in [-0.05, 0) is 43.3 Å². The van der Waals surface area contributed by atoms with E-state index in [9.17, 15) is 31.2 Å². The average Bonchev–Trinajstić information content (AvgIpc) is 2.67. The molecule has 0 aliphatic heterocycles. The highest BCUT2D eigenvalue weighted by molar-refractivity contribution is 7.90. The Labute approximate surface area is 177 Å². The molecule has 31 heavy (non-hydrogen) atoms. The number of alkyl halides is 3. The Morgan fingerprint density at radius 3 is 1.94 bits per heavy atom. The lowest BCUT2D eigenvalue weighted by atomic mass is 10.2. The highest BCUT2D eigenvalue weighted by Gasteiger charge is 2.36. The van der Waals surface area contributed by atoms with Crippen LogP contribution >= 0.6 is 0 Å². The third kappa shape index (κ3) is 6.32. The van der Waals surface area contributed by atoms with Gasteiger partial charge >= 0.3 is 12.2 Å². The summed E-state index contributed by atoms with van der Waals surface area (Å²) in [7, 11) is -0.789.